The summed E-state index contributed by atoms with van der Waals surface area (Å²) in [5.74, 6) is -0.291. The van der Waals surface area contributed by atoms with E-state index in [1.807, 2.05) is 36.1 Å². The fourth-order valence-corrected chi connectivity index (χ4v) is 4.23. The first-order valence-corrected chi connectivity index (χ1v) is 9.28. The fourth-order valence-electron chi connectivity index (χ4n) is 3.20. The molecule has 1 aromatic heterocycles. The van der Waals surface area contributed by atoms with Gasteiger partial charge in [-0.1, -0.05) is 29.5 Å². The summed E-state index contributed by atoms with van der Waals surface area (Å²) in [6.07, 6.45) is 2.09. The lowest BCUT2D eigenvalue weighted by molar-refractivity contribution is 0.0784. The van der Waals surface area contributed by atoms with Crippen LogP contribution in [0.1, 0.15) is 28.9 Å². The highest BCUT2D eigenvalue weighted by molar-refractivity contribution is 7.99. The third kappa shape index (κ3) is 3.16. The predicted octanol–water partition coefficient (Wildman–Crippen LogP) is 5.00. The monoisotopic (exact) mass is 354 g/mol. The number of carbonyl (C=O) groups is 1. The summed E-state index contributed by atoms with van der Waals surface area (Å²) in [5, 5.41) is 0.758. The number of aromatic nitrogens is 1. The molecule has 3 nitrogen and oxygen atoms in total. The summed E-state index contributed by atoms with van der Waals surface area (Å²) in [4.78, 5) is 19.9. The van der Waals surface area contributed by atoms with E-state index in [1.54, 1.807) is 6.07 Å². The van der Waals surface area contributed by atoms with Gasteiger partial charge >= 0.3 is 0 Å². The zero-order valence-electron chi connectivity index (χ0n) is 14.0. The van der Waals surface area contributed by atoms with E-state index in [9.17, 15) is 9.18 Å². The molecule has 2 heterocycles. The predicted molar refractivity (Wildman–Crippen MR) is 98.7 cm³/mol. The third-order valence-electron chi connectivity index (χ3n) is 4.56. The Balaban J connectivity index is 1.80. The van der Waals surface area contributed by atoms with Crippen molar-refractivity contribution in [2.24, 2.45) is 0 Å². The number of carbonyl (C=O) groups excluding carboxylic acids is 1. The van der Waals surface area contributed by atoms with E-state index in [2.05, 4.69) is 4.98 Å². The molecule has 1 saturated heterocycles. The second kappa shape index (κ2) is 6.56. The summed E-state index contributed by atoms with van der Waals surface area (Å²) < 4.78 is 13.8. The molecular formula is C20H19FN2OS. The van der Waals surface area contributed by atoms with E-state index in [0.717, 1.165) is 46.6 Å². The first kappa shape index (κ1) is 16.2. The van der Waals surface area contributed by atoms with E-state index in [1.165, 1.54) is 29.5 Å². The Hall–Kier alpha value is -2.27. The average Bonchev–Trinajstić information content (AvgIpc) is 3.25. The van der Waals surface area contributed by atoms with Crippen LogP contribution in [0.25, 0.3) is 10.9 Å². The highest BCUT2D eigenvalue weighted by Crippen LogP contribution is 2.38. The summed E-state index contributed by atoms with van der Waals surface area (Å²) in [5.41, 5.74) is 2.54. The Morgan fingerprint density at radius 1 is 1.12 bits per heavy atom. The molecule has 4 rings (SSSR count). The molecule has 5 heteroatoms. The maximum atomic E-state index is 13.8. The van der Waals surface area contributed by atoms with Crippen molar-refractivity contribution in [1.82, 2.24) is 9.88 Å². The van der Waals surface area contributed by atoms with Gasteiger partial charge in [0.15, 0.2) is 0 Å². The molecule has 2 aromatic carbocycles. The maximum absolute atomic E-state index is 13.8. The maximum Gasteiger partial charge on any atom is 0.271 e. The molecule has 0 atom stereocenters. The van der Waals surface area contributed by atoms with Gasteiger partial charge < -0.3 is 9.88 Å². The van der Waals surface area contributed by atoms with Gasteiger partial charge in [0, 0.05) is 28.9 Å². The molecule has 0 aliphatic carbocycles. The van der Waals surface area contributed by atoms with Crippen LogP contribution in [0.4, 0.5) is 4.39 Å². The van der Waals surface area contributed by atoms with Crippen molar-refractivity contribution in [1.29, 1.82) is 0 Å². The number of hydrogen-bond acceptors (Lipinski definition) is 2. The number of aryl methyl sites for hydroxylation is 1. The minimum absolute atomic E-state index is 0.00344. The van der Waals surface area contributed by atoms with Crippen molar-refractivity contribution in [3.63, 3.8) is 0 Å². The number of H-pyrrole nitrogens is 1. The standard InChI is InChI=1S/C20H19FN2OS/c1-13-4-7-15(8-5-13)25-19-16-12-14(21)6-9-17(16)22-18(19)20(24)23-10-2-3-11-23/h4-9,12,22H,2-3,10-11H2,1H3. The molecule has 1 aliphatic rings. The SMILES string of the molecule is Cc1ccc(Sc2c(C(=O)N3CCCC3)[nH]c3ccc(F)cc23)cc1. The van der Waals surface area contributed by atoms with Crippen LogP contribution < -0.4 is 0 Å². The third-order valence-corrected chi connectivity index (χ3v) is 5.70. The van der Waals surface area contributed by atoms with Crippen molar-refractivity contribution in [3.8, 4) is 0 Å². The molecule has 0 spiro atoms. The van der Waals surface area contributed by atoms with E-state index in [0.29, 0.717) is 5.69 Å². The molecule has 128 valence electrons. The quantitative estimate of drug-likeness (QED) is 0.718. The topological polar surface area (TPSA) is 36.1 Å². The number of fused-ring (bicyclic) bond motifs is 1. The van der Waals surface area contributed by atoms with Crippen LogP contribution in [-0.4, -0.2) is 28.9 Å². The minimum Gasteiger partial charge on any atom is -0.350 e. The largest absolute Gasteiger partial charge is 0.350 e. The molecule has 1 fully saturated rings. The van der Waals surface area contributed by atoms with Crippen LogP contribution in [0.5, 0.6) is 0 Å². The average molecular weight is 354 g/mol. The van der Waals surface area contributed by atoms with E-state index in [-0.39, 0.29) is 11.7 Å². The van der Waals surface area contributed by atoms with Crippen molar-refractivity contribution in [2.45, 2.75) is 29.6 Å². The Morgan fingerprint density at radius 3 is 2.56 bits per heavy atom. The molecule has 25 heavy (non-hydrogen) atoms. The van der Waals surface area contributed by atoms with E-state index < -0.39 is 0 Å². The number of likely N-dealkylation sites (tertiary alicyclic amines) is 1. The van der Waals surface area contributed by atoms with Gasteiger partial charge in [0.05, 0.1) is 4.90 Å². The minimum atomic E-state index is -0.294. The van der Waals surface area contributed by atoms with Crippen LogP contribution >= 0.6 is 11.8 Å². The smallest absolute Gasteiger partial charge is 0.271 e. The second-order valence-electron chi connectivity index (χ2n) is 6.43. The van der Waals surface area contributed by atoms with Gasteiger partial charge in [-0.05, 0) is 50.1 Å². The van der Waals surface area contributed by atoms with E-state index in [4.69, 9.17) is 0 Å². The summed E-state index contributed by atoms with van der Waals surface area (Å²) in [6, 6.07) is 12.8. The van der Waals surface area contributed by atoms with Crippen LogP contribution in [-0.2, 0) is 0 Å². The summed E-state index contributed by atoms with van der Waals surface area (Å²) >= 11 is 1.51. The lowest BCUT2D eigenvalue weighted by Gasteiger charge is -2.15. The highest BCUT2D eigenvalue weighted by Gasteiger charge is 2.25. The van der Waals surface area contributed by atoms with Gasteiger partial charge in [-0.15, -0.1) is 0 Å². The van der Waals surface area contributed by atoms with Crippen molar-refractivity contribution in [3.05, 3.63) is 59.5 Å². The Bertz CT molecular complexity index is 927. The highest BCUT2D eigenvalue weighted by atomic mass is 32.2. The van der Waals surface area contributed by atoms with Gasteiger partial charge in [-0.2, -0.15) is 0 Å². The summed E-state index contributed by atoms with van der Waals surface area (Å²) in [6.45, 7) is 3.62. The zero-order chi connectivity index (χ0) is 17.4. The number of benzene rings is 2. The van der Waals surface area contributed by atoms with Crippen LogP contribution in [0.2, 0.25) is 0 Å². The van der Waals surface area contributed by atoms with Crippen LogP contribution in [0, 0.1) is 12.7 Å². The van der Waals surface area contributed by atoms with Crippen LogP contribution in [0.15, 0.2) is 52.3 Å². The van der Waals surface area contributed by atoms with Gasteiger partial charge in [0.1, 0.15) is 11.5 Å². The van der Waals surface area contributed by atoms with E-state index >= 15 is 0 Å². The lowest BCUT2D eigenvalue weighted by atomic mass is 10.2. The fraction of sp³-hybridized carbons (Fsp3) is 0.250. The lowest BCUT2D eigenvalue weighted by Crippen LogP contribution is -2.28. The molecular weight excluding hydrogens is 335 g/mol. The molecule has 1 aliphatic heterocycles. The molecule has 0 unspecified atom stereocenters. The molecule has 0 radical (unpaired) electrons. The van der Waals surface area contributed by atoms with Gasteiger partial charge in [0.2, 0.25) is 0 Å². The van der Waals surface area contributed by atoms with Gasteiger partial charge in [-0.25, -0.2) is 4.39 Å². The number of aromatic amines is 1. The van der Waals surface area contributed by atoms with Gasteiger partial charge in [0.25, 0.3) is 5.91 Å². The second-order valence-corrected chi connectivity index (χ2v) is 7.52. The number of nitrogens with one attached hydrogen (secondary N) is 1. The molecule has 1 amide bonds. The zero-order valence-corrected chi connectivity index (χ0v) is 14.8. The molecule has 3 aromatic rings. The first-order valence-electron chi connectivity index (χ1n) is 8.47. The van der Waals surface area contributed by atoms with Crippen molar-refractivity contribution in [2.75, 3.05) is 13.1 Å². The number of halogens is 1. The summed E-state index contributed by atoms with van der Waals surface area (Å²) in [7, 11) is 0. The molecule has 0 bridgehead atoms. The Labute approximate surface area is 150 Å². The number of rotatable bonds is 3. The number of hydrogen-bond donors (Lipinski definition) is 1. The number of nitrogens with zero attached hydrogens (tertiary/aromatic N) is 1. The Morgan fingerprint density at radius 2 is 1.84 bits per heavy atom. The van der Waals surface area contributed by atoms with Crippen molar-refractivity contribution < 1.29 is 9.18 Å². The first-order chi connectivity index (χ1) is 12.1. The normalized spacial score (nSPS) is 14.4. The van der Waals surface area contributed by atoms with Crippen molar-refractivity contribution >= 4 is 28.6 Å². The number of amides is 1. The van der Waals surface area contributed by atoms with Gasteiger partial charge in [-0.3, -0.25) is 4.79 Å². The Kier molecular flexibility index (Phi) is 4.25. The molecule has 0 saturated carbocycles. The van der Waals surface area contributed by atoms with Crippen LogP contribution in [0.3, 0.4) is 0 Å². The molecule has 1 N–H and O–H groups in total.